The second-order valence-electron chi connectivity index (χ2n) is 4.76. The van der Waals surface area contributed by atoms with Crippen molar-refractivity contribution in [3.63, 3.8) is 0 Å². The summed E-state index contributed by atoms with van der Waals surface area (Å²) in [6, 6.07) is 6.43. The lowest BCUT2D eigenvalue weighted by Crippen LogP contribution is -2.18. The summed E-state index contributed by atoms with van der Waals surface area (Å²) >= 11 is 0. The molecule has 0 aliphatic rings. The van der Waals surface area contributed by atoms with Crippen molar-refractivity contribution in [3.8, 4) is 11.5 Å². The molecule has 0 bridgehead atoms. The van der Waals surface area contributed by atoms with Crippen molar-refractivity contribution < 1.29 is 9.47 Å². The maximum Gasteiger partial charge on any atom is 0.160 e. The molecule has 1 rings (SSSR count). The molecule has 2 N–H and O–H groups in total. The predicted molar refractivity (Wildman–Crippen MR) is 75.5 cm³/mol. The smallest absolute Gasteiger partial charge is 0.160 e. The maximum atomic E-state index is 5.96. The molecule has 0 amide bonds. The molecule has 0 fully saturated rings. The third kappa shape index (κ3) is 3.91. The highest BCUT2D eigenvalue weighted by molar-refractivity contribution is 5.43. The van der Waals surface area contributed by atoms with Crippen molar-refractivity contribution in [3.05, 3.63) is 23.8 Å². The zero-order chi connectivity index (χ0) is 13.5. The van der Waals surface area contributed by atoms with Gasteiger partial charge in [0, 0.05) is 6.04 Å². The standard InChI is InChI=1S/C15H25NO2/c1-5-13(16)8-6-11(2)12-7-9-14(17-3)15(10-12)18-4/h7,9-11,13H,5-6,8,16H2,1-4H3. The minimum atomic E-state index is 0.313. The molecule has 0 aliphatic heterocycles. The minimum Gasteiger partial charge on any atom is -0.493 e. The van der Waals surface area contributed by atoms with E-state index < -0.39 is 0 Å². The van der Waals surface area contributed by atoms with Gasteiger partial charge in [-0.25, -0.2) is 0 Å². The van der Waals surface area contributed by atoms with Crippen molar-refractivity contribution in [1.82, 2.24) is 0 Å². The van der Waals surface area contributed by atoms with Crippen LogP contribution >= 0.6 is 0 Å². The first-order valence-corrected chi connectivity index (χ1v) is 6.59. The van der Waals surface area contributed by atoms with Gasteiger partial charge in [0.1, 0.15) is 0 Å². The molecule has 0 saturated heterocycles. The number of nitrogens with two attached hydrogens (primary N) is 1. The van der Waals surface area contributed by atoms with Crippen LogP contribution in [0.3, 0.4) is 0 Å². The second kappa shape index (κ2) is 7.27. The van der Waals surface area contributed by atoms with E-state index in [0.29, 0.717) is 12.0 Å². The van der Waals surface area contributed by atoms with E-state index in [1.54, 1.807) is 14.2 Å². The van der Waals surface area contributed by atoms with Gasteiger partial charge in [0.05, 0.1) is 14.2 Å². The fourth-order valence-corrected chi connectivity index (χ4v) is 1.99. The molecule has 0 aliphatic carbocycles. The fourth-order valence-electron chi connectivity index (χ4n) is 1.99. The molecular weight excluding hydrogens is 226 g/mol. The number of hydrogen-bond donors (Lipinski definition) is 1. The highest BCUT2D eigenvalue weighted by atomic mass is 16.5. The van der Waals surface area contributed by atoms with Crippen LogP contribution in [0.25, 0.3) is 0 Å². The van der Waals surface area contributed by atoms with Crippen LogP contribution in [0.2, 0.25) is 0 Å². The molecule has 0 saturated carbocycles. The third-order valence-corrected chi connectivity index (χ3v) is 3.47. The lowest BCUT2D eigenvalue weighted by Gasteiger charge is -2.16. The molecule has 2 unspecified atom stereocenters. The molecule has 18 heavy (non-hydrogen) atoms. The molecule has 0 spiro atoms. The van der Waals surface area contributed by atoms with E-state index in [0.717, 1.165) is 30.8 Å². The van der Waals surface area contributed by atoms with Crippen molar-refractivity contribution >= 4 is 0 Å². The van der Waals surface area contributed by atoms with Gasteiger partial charge in [-0.05, 0) is 42.9 Å². The Morgan fingerprint density at radius 1 is 1.11 bits per heavy atom. The SMILES string of the molecule is CCC(N)CCC(C)c1ccc(OC)c(OC)c1. The van der Waals surface area contributed by atoms with Gasteiger partial charge in [0.2, 0.25) is 0 Å². The summed E-state index contributed by atoms with van der Waals surface area (Å²) in [5, 5.41) is 0. The zero-order valence-electron chi connectivity index (χ0n) is 11.9. The molecular formula is C15H25NO2. The van der Waals surface area contributed by atoms with E-state index in [1.807, 2.05) is 6.07 Å². The summed E-state index contributed by atoms with van der Waals surface area (Å²) in [5.74, 6) is 2.06. The Morgan fingerprint density at radius 3 is 2.33 bits per heavy atom. The van der Waals surface area contributed by atoms with E-state index in [2.05, 4.69) is 26.0 Å². The lowest BCUT2D eigenvalue weighted by molar-refractivity contribution is 0.354. The van der Waals surface area contributed by atoms with Crippen molar-refractivity contribution in [2.75, 3.05) is 14.2 Å². The van der Waals surface area contributed by atoms with E-state index >= 15 is 0 Å². The number of ether oxygens (including phenoxy) is 2. The highest BCUT2D eigenvalue weighted by Crippen LogP contribution is 2.32. The van der Waals surface area contributed by atoms with Gasteiger partial charge < -0.3 is 15.2 Å². The largest absolute Gasteiger partial charge is 0.493 e. The number of rotatable bonds is 7. The number of benzene rings is 1. The molecule has 0 radical (unpaired) electrons. The summed E-state index contributed by atoms with van der Waals surface area (Å²) in [6.45, 7) is 4.36. The van der Waals surface area contributed by atoms with Gasteiger partial charge in [-0.1, -0.05) is 19.9 Å². The van der Waals surface area contributed by atoms with Crippen molar-refractivity contribution in [2.45, 2.75) is 45.1 Å². The fraction of sp³-hybridized carbons (Fsp3) is 0.600. The molecule has 0 aromatic heterocycles. The van der Waals surface area contributed by atoms with Gasteiger partial charge in [-0.3, -0.25) is 0 Å². The Hall–Kier alpha value is -1.22. The van der Waals surface area contributed by atoms with Gasteiger partial charge in [0.15, 0.2) is 11.5 Å². The quantitative estimate of drug-likeness (QED) is 0.808. The Balaban J connectivity index is 2.70. The first-order valence-electron chi connectivity index (χ1n) is 6.59. The molecule has 1 aromatic rings. The van der Waals surface area contributed by atoms with Crippen LogP contribution in [0.1, 0.15) is 44.6 Å². The normalized spacial score (nSPS) is 14.1. The van der Waals surface area contributed by atoms with E-state index in [1.165, 1.54) is 5.56 Å². The number of hydrogen-bond acceptors (Lipinski definition) is 3. The zero-order valence-corrected chi connectivity index (χ0v) is 11.9. The first kappa shape index (κ1) is 14.8. The van der Waals surface area contributed by atoms with Crippen LogP contribution in [-0.4, -0.2) is 20.3 Å². The highest BCUT2D eigenvalue weighted by Gasteiger charge is 2.11. The predicted octanol–water partition coefficient (Wildman–Crippen LogP) is 3.32. The Bertz CT molecular complexity index is 366. The Labute approximate surface area is 110 Å². The first-order chi connectivity index (χ1) is 8.62. The topological polar surface area (TPSA) is 44.5 Å². The Kier molecular flexibility index (Phi) is 5.99. The molecule has 3 heteroatoms. The summed E-state index contributed by atoms with van der Waals surface area (Å²) in [6.07, 6.45) is 3.20. The van der Waals surface area contributed by atoms with Crippen LogP contribution in [0.4, 0.5) is 0 Å². The summed E-state index contributed by atoms with van der Waals surface area (Å²) in [5.41, 5.74) is 7.23. The van der Waals surface area contributed by atoms with E-state index in [-0.39, 0.29) is 0 Å². The van der Waals surface area contributed by atoms with Crippen LogP contribution in [0, 0.1) is 0 Å². The van der Waals surface area contributed by atoms with Crippen molar-refractivity contribution in [2.24, 2.45) is 5.73 Å². The summed E-state index contributed by atoms with van der Waals surface area (Å²) in [4.78, 5) is 0. The second-order valence-corrected chi connectivity index (χ2v) is 4.76. The molecule has 1 aromatic carbocycles. The third-order valence-electron chi connectivity index (χ3n) is 3.47. The minimum absolute atomic E-state index is 0.313. The average Bonchev–Trinajstić information content (AvgIpc) is 2.43. The summed E-state index contributed by atoms with van der Waals surface area (Å²) < 4.78 is 10.6. The van der Waals surface area contributed by atoms with Gasteiger partial charge >= 0.3 is 0 Å². The van der Waals surface area contributed by atoms with Gasteiger partial charge in [-0.15, -0.1) is 0 Å². The number of methoxy groups -OCH3 is 2. The molecule has 102 valence electrons. The van der Waals surface area contributed by atoms with Gasteiger partial charge in [0.25, 0.3) is 0 Å². The van der Waals surface area contributed by atoms with Crippen LogP contribution in [-0.2, 0) is 0 Å². The molecule has 3 nitrogen and oxygen atoms in total. The van der Waals surface area contributed by atoms with Crippen LogP contribution in [0.15, 0.2) is 18.2 Å². The maximum absolute atomic E-state index is 5.96. The Morgan fingerprint density at radius 2 is 1.78 bits per heavy atom. The molecule has 0 heterocycles. The lowest BCUT2D eigenvalue weighted by atomic mass is 9.93. The van der Waals surface area contributed by atoms with Crippen LogP contribution in [0.5, 0.6) is 11.5 Å². The molecule has 2 atom stereocenters. The summed E-state index contributed by atoms with van der Waals surface area (Å²) in [7, 11) is 3.32. The van der Waals surface area contributed by atoms with E-state index in [9.17, 15) is 0 Å². The van der Waals surface area contributed by atoms with E-state index in [4.69, 9.17) is 15.2 Å². The van der Waals surface area contributed by atoms with Crippen molar-refractivity contribution in [1.29, 1.82) is 0 Å². The monoisotopic (exact) mass is 251 g/mol. The van der Waals surface area contributed by atoms with Crippen LogP contribution < -0.4 is 15.2 Å². The average molecular weight is 251 g/mol. The van der Waals surface area contributed by atoms with Gasteiger partial charge in [-0.2, -0.15) is 0 Å².